The van der Waals surface area contributed by atoms with Crippen LogP contribution in [0.4, 0.5) is 5.69 Å². The van der Waals surface area contributed by atoms with E-state index in [9.17, 15) is 0 Å². The summed E-state index contributed by atoms with van der Waals surface area (Å²) in [5, 5.41) is 4.71. The smallest absolute Gasteiger partial charge is 0.0769 e. The average Bonchev–Trinajstić information content (AvgIpc) is 3.12. The first kappa shape index (κ1) is 15.0. The Labute approximate surface area is 142 Å². The molecule has 1 aliphatic rings. The van der Waals surface area contributed by atoms with Crippen LogP contribution in [0.5, 0.6) is 0 Å². The van der Waals surface area contributed by atoms with E-state index in [1.54, 1.807) is 0 Å². The molecule has 0 atom stereocenters. The molecule has 122 valence electrons. The summed E-state index contributed by atoms with van der Waals surface area (Å²) in [6.07, 6.45) is 2.05. The van der Waals surface area contributed by atoms with Gasteiger partial charge < -0.3 is 4.90 Å². The van der Waals surface area contributed by atoms with Gasteiger partial charge in [0.2, 0.25) is 0 Å². The number of rotatable bonds is 4. The third kappa shape index (κ3) is 3.34. The van der Waals surface area contributed by atoms with Gasteiger partial charge in [-0.3, -0.25) is 4.90 Å². The zero-order valence-corrected chi connectivity index (χ0v) is 13.8. The maximum absolute atomic E-state index is 4.71. The van der Waals surface area contributed by atoms with Gasteiger partial charge in [-0.05, 0) is 30.3 Å². The Bertz CT molecular complexity index is 759. The number of benzene rings is 2. The van der Waals surface area contributed by atoms with E-state index in [-0.39, 0.29) is 0 Å². The molecule has 3 aromatic rings. The van der Waals surface area contributed by atoms with Crippen molar-refractivity contribution in [3.05, 3.63) is 78.6 Å². The van der Waals surface area contributed by atoms with Gasteiger partial charge in [-0.15, -0.1) is 0 Å². The molecule has 0 spiro atoms. The Morgan fingerprint density at radius 2 is 1.33 bits per heavy atom. The monoisotopic (exact) mass is 318 g/mol. The zero-order valence-electron chi connectivity index (χ0n) is 13.8. The summed E-state index contributed by atoms with van der Waals surface area (Å²) in [7, 11) is 0. The molecule has 1 fully saturated rings. The van der Waals surface area contributed by atoms with Crippen molar-refractivity contribution in [3.63, 3.8) is 0 Å². The van der Waals surface area contributed by atoms with Crippen LogP contribution in [0, 0.1) is 0 Å². The fourth-order valence-corrected chi connectivity index (χ4v) is 3.20. The molecule has 0 saturated carbocycles. The summed E-state index contributed by atoms with van der Waals surface area (Å²) in [5.41, 5.74) is 3.56. The molecule has 0 amide bonds. The van der Waals surface area contributed by atoms with E-state index >= 15 is 0 Å². The molecule has 2 heterocycles. The van der Waals surface area contributed by atoms with Crippen molar-refractivity contribution < 1.29 is 0 Å². The van der Waals surface area contributed by atoms with Gasteiger partial charge in [-0.25, -0.2) is 4.68 Å². The Morgan fingerprint density at radius 1 is 0.708 bits per heavy atom. The van der Waals surface area contributed by atoms with Gasteiger partial charge in [0.25, 0.3) is 0 Å². The highest BCUT2D eigenvalue weighted by atomic mass is 15.3. The average molecular weight is 318 g/mol. The number of para-hydroxylation sites is 2. The first-order chi connectivity index (χ1) is 11.9. The molecule has 0 radical (unpaired) electrons. The standard InChI is InChI=1S/C20H22N4/c1-3-7-19(8-4-1)23-15-13-22(14-16-23)17-18-11-12-24(21-18)20-9-5-2-6-10-20/h1-12H,13-17H2. The molecule has 1 aliphatic heterocycles. The van der Waals surface area contributed by atoms with Crippen molar-refractivity contribution >= 4 is 5.69 Å². The molecule has 4 heteroatoms. The lowest BCUT2D eigenvalue weighted by molar-refractivity contribution is 0.246. The van der Waals surface area contributed by atoms with Crippen LogP contribution in [-0.2, 0) is 6.54 Å². The topological polar surface area (TPSA) is 24.3 Å². The second-order valence-corrected chi connectivity index (χ2v) is 6.19. The summed E-state index contributed by atoms with van der Waals surface area (Å²) in [5.74, 6) is 0. The fourth-order valence-electron chi connectivity index (χ4n) is 3.20. The minimum absolute atomic E-state index is 0.919. The highest BCUT2D eigenvalue weighted by Crippen LogP contribution is 2.16. The molecule has 0 unspecified atom stereocenters. The van der Waals surface area contributed by atoms with E-state index in [1.807, 2.05) is 29.1 Å². The number of aromatic nitrogens is 2. The summed E-state index contributed by atoms with van der Waals surface area (Å²) in [4.78, 5) is 4.94. The molecule has 24 heavy (non-hydrogen) atoms. The molecular weight excluding hydrogens is 296 g/mol. The van der Waals surface area contributed by atoms with Crippen molar-refractivity contribution in [2.45, 2.75) is 6.54 Å². The Kier molecular flexibility index (Phi) is 4.30. The molecular formula is C20H22N4. The molecule has 1 saturated heterocycles. The van der Waals surface area contributed by atoms with Crippen LogP contribution in [0.3, 0.4) is 0 Å². The molecule has 0 bridgehead atoms. The SMILES string of the molecule is c1ccc(N2CCN(Cc3ccn(-c4ccccc4)n3)CC2)cc1. The first-order valence-electron chi connectivity index (χ1n) is 8.51. The van der Waals surface area contributed by atoms with Crippen LogP contribution in [0.15, 0.2) is 72.9 Å². The van der Waals surface area contributed by atoms with Crippen LogP contribution in [0.2, 0.25) is 0 Å². The highest BCUT2D eigenvalue weighted by molar-refractivity contribution is 5.46. The summed E-state index contributed by atoms with van der Waals surface area (Å²) in [6, 6.07) is 23.1. The Morgan fingerprint density at radius 3 is 2.00 bits per heavy atom. The van der Waals surface area contributed by atoms with Gasteiger partial charge in [0.05, 0.1) is 11.4 Å². The second kappa shape index (κ2) is 6.89. The van der Waals surface area contributed by atoms with Gasteiger partial charge in [0.15, 0.2) is 0 Å². The van der Waals surface area contributed by atoms with E-state index in [4.69, 9.17) is 5.10 Å². The Balaban J connectivity index is 1.35. The Hall–Kier alpha value is -2.59. The molecule has 4 nitrogen and oxygen atoms in total. The molecule has 2 aromatic carbocycles. The van der Waals surface area contributed by atoms with Gasteiger partial charge in [-0.1, -0.05) is 36.4 Å². The van der Waals surface area contributed by atoms with Gasteiger partial charge in [-0.2, -0.15) is 5.10 Å². The predicted molar refractivity (Wildman–Crippen MR) is 97.5 cm³/mol. The third-order valence-corrected chi connectivity index (χ3v) is 4.54. The highest BCUT2D eigenvalue weighted by Gasteiger charge is 2.17. The number of nitrogens with zero attached hydrogens (tertiary/aromatic N) is 4. The largest absolute Gasteiger partial charge is 0.369 e. The van der Waals surface area contributed by atoms with Crippen molar-refractivity contribution in [2.24, 2.45) is 0 Å². The van der Waals surface area contributed by atoms with E-state index in [2.05, 4.69) is 58.3 Å². The van der Waals surface area contributed by atoms with Gasteiger partial charge in [0.1, 0.15) is 0 Å². The van der Waals surface area contributed by atoms with Crippen LogP contribution >= 0.6 is 0 Å². The number of piperazine rings is 1. The first-order valence-corrected chi connectivity index (χ1v) is 8.51. The van der Waals surface area contributed by atoms with Crippen LogP contribution in [0.1, 0.15) is 5.69 Å². The van der Waals surface area contributed by atoms with E-state index < -0.39 is 0 Å². The number of anilines is 1. The lowest BCUT2D eigenvalue weighted by Gasteiger charge is -2.35. The quantitative estimate of drug-likeness (QED) is 0.738. The van der Waals surface area contributed by atoms with Gasteiger partial charge in [0, 0.05) is 44.6 Å². The minimum atomic E-state index is 0.919. The molecule has 0 N–H and O–H groups in total. The van der Waals surface area contributed by atoms with Crippen LogP contribution < -0.4 is 4.90 Å². The van der Waals surface area contributed by atoms with E-state index in [0.717, 1.165) is 44.1 Å². The van der Waals surface area contributed by atoms with E-state index in [1.165, 1.54) is 5.69 Å². The zero-order chi connectivity index (χ0) is 16.2. The summed E-state index contributed by atoms with van der Waals surface area (Å²) >= 11 is 0. The fraction of sp³-hybridized carbons (Fsp3) is 0.250. The molecule has 0 aliphatic carbocycles. The summed E-state index contributed by atoms with van der Waals surface area (Å²) < 4.78 is 1.95. The van der Waals surface area contributed by atoms with Gasteiger partial charge >= 0.3 is 0 Å². The van der Waals surface area contributed by atoms with Crippen LogP contribution in [0.25, 0.3) is 5.69 Å². The maximum Gasteiger partial charge on any atom is 0.0769 e. The molecule has 4 rings (SSSR count). The lowest BCUT2D eigenvalue weighted by atomic mass is 10.2. The van der Waals surface area contributed by atoms with Crippen LogP contribution in [-0.4, -0.2) is 40.9 Å². The number of hydrogen-bond donors (Lipinski definition) is 0. The third-order valence-electron chi connectivity index (χ3n) is 4.54. The van der Waals surface area contributed by atoms with Crippen molar-refractivity contribution in [2.75, 3.05) is 31.1 Å². The number of hydrogen-bond acceptors (Lipinski definition) is 3. The van der Waals surface area contributed by atoms with Crippen molar-refractivity contribution in [1.29, 1.82) is 0 Å². The van der Waals surface area contributed by atoms with E-state index in [0.29, 0.717) is 0 Å². The normalized spacial score (nSPS) is 15.6. The second-order valence-electron chi connectivity index (χ2n) is 6.19. The lowest BCUT2D eigenvalue weighted by Crippen LogP contribution is -2.46. The maximum atomic E-state index is 4.71. The molecule has 1 aromatic heterocycles. The van der Waals surface area contributed by atoms with Crippen molar-refractivity contribution in [1.82, 2.24) is 14.7 Å². The summed E-state index contributed by atoms with van der Waals surface area (Å²) in [6.45, 7) is 5.22. The minimum Gasteiger partial charge on any atom is -0.369 e. The van der Waals surface area contributed by atoms with Crippen molar-refractivity contribution in [3.8, 4) is 5.69 Å². The predicted octanol–water partition coefficient (Wildman–Crippen LogP) is 3.19.